The molecule has 0 aliphatic rings. The second kappa shape index (κ2) is 10.4. The van der Waals surface area contributed by atoms with Crippen molar-refractivity contribution in [3.8, 4) is 5.75 Å². The SMILES string of the molecule is COC(=O)C(=Cc1cnc[nH]1)NC(=O)c1ccc(C(=O)NCc2cccc(O)c2)cc1Br. The second-order valence-electron chi connectivity index (χ2n) is 6.56. The summed E-state index contributed by atoms with van der Waals surface area (Å²) >= 11 is 3.30. The highest BCUT2D eigenvalue weighted by Gasteiger charge is 2.18. The molecule has 1 heterocycles. The zero-order valence-corrected chi connectivity index (χ0v) is 18.5. The van der Waals surface area contributed by atoms with Crippen LogP contribution in [0.2, 0.25) is 0 Å². The Bertz CT molecular complexity index is 1170. The van der Waals surface area contributed by atoms with E-state index in [9.17, 15) is 19.5 Å². The largest absolute Gasteiger partial charge is 0.508 e. The van der Waals surface area contributed by atoms with Gasteiger partial charge < -0.3 is 25.5 Å². The highest BCUT2D eigenvalue weighted by molar-refractivity contribution is 9.10. The Hall–Kier alpha value is -3.92. The van der Waals surface area contributed by atoms with Crippen molar-refractivity contribution < 1.29 is 24.2 Å². The van der Waals surface area contributed by atoms with E-state index in [-0.39, 0.29) is 29.5 Å². The van der Waals surface area contributed by atoms with Crippen LogP contribution < -0.4 is 10.6 Å². The third-order valence-corrected chi connectivity index (χ3v) is 4.97. The number of hydrogen-bond donors (Lipinski definition) is 4. The van der Waals surface area contributed by atoms with E-state index >= 15 is 0 Å². The number of hydrogen-bond acceptors (Lipinski definition) is 6. The first-order valence-electron chi connectivity index (χ1n) is 9.32. The number of carbonyl (C=O) groups excluding carboxylic acids is 3. The van der Waals surface area contributed by atoms with Crippen LogP contribution in [0.4, 0.5) is 0 Å². The molecule has 32 heavy (non-hydrogen) atoms. The highest BCUT2D eigenvalue weighted by atomic mass is 79.9. The lowest BCUT2D eigenvalue weighted by Crippen LogP contribution is -2.28. The van der Waals surface area contributed by atoms with Crippen molar-refractivity contribution in [2.24, 2.45) is 0 Å². The van der Waals surface area contributed by atoms with Crippen LogP contribution in [0.5, 0.6) is 5.75 Å². The summed E-state index contributed by atoms with van der Waals surface area (Å²) in [6.45, 7) is 0.230. The molecule has 3 rings (SSSR count). The lowest BCUT2D eigenvalue weighted by Gasteiger charge is -2.11. The van der Waals surface area contributed by atoms with Gasteiger partial charge in [0.1, 0.15) is 11.4 Å². The topological polar surface area (TPSA) is 133 Å². The number of aromatic nitrogens is 2. The molecule has 0 saturated carbocycles. The van der Waals surface area contributed by atoms with Gasteiger partial charge in [-0.05, 0) is 57.9 Å². The zero-order chi connectivity index (χ0) is 23.1. The number of methoxy groups -OCH3 is 1. The van der Waals surface area contributed by atoms with E-state index in [2.05, 4.69) is 36.5 Å². The summed E-state index contributed by atoms with van der Waals surface area (Å²) in [6, 6.07) is 11.0. The molecule has 0 aliphatic carbocycles. The fourth-order valence-electron chi connectivity index (χ4n) is 2.74. The first kappa shape index (κ1) is 22.8. The predicted molar refractivity (Wildman–Crippen MR) is 119 cm³/mol. The molecule has 0 aliphatic heterocycles. The molecule has 2 aromatic carbocycles. The number of benzene rings is 2. The molecule has 0 spiro atoms. The lowest BCUT2D eigenvalue weighted by atomic mass is 10.1. The monoisotopic (exact) mass is 498 g/mol. The third kappa shape index (κ3) is 5.82. The molecule has 0 saturated heterocycles. The van der Waals surface area contributed by atoms with Gasteiger partial charge in [-0.2, -0.15) is 0 Å². The number of aromatic hydroxyl groups is 1. The predicted octanol–water partition coefficient (Wildman–Crippen LogP) is 2.75. The van der Waals surface area contributed by atoms with Crippen molar-refractivity contribution in [1.29, 1.82) is 0 Å². The second-order valence-corrected chi connectivity index (χ2v) is 7.41. The van der Waals surface area contributed by atoms with Gasteiger partial charge in [0, 0.05) is 16.6 Å². The maximum Gasteiger partial charge on any atom is 0.354 e. The lowest BCUT2D eigenvalue weighted by molar-refractivity contribution is -0.136. The first-order chi connectivity index (χ1) is 15.4. The van der Waals surface area contributed by atoms with E-state index in [0.717, 1.165) is 5.56 Å². The number of halogens is 1. The Morgan fingerprint density at radius 1 is 1.19 bits per heavy atom. The molecule has 0 unspecified atom stereocenters. The van der Waals surface area contributed by atoms with Crippen molar-refractivity contribution in [3.05, 3.63) is 87.5 Å². The van der Waals surface area contributed by atoms with Gasteiger partial charge in [0.05, 0.1) is 30.9 Å². The number of nitrogens with zero attached hydrogens (tertiary/aromatic N) is 1. The van der Waals surface area contributed by atoms with Crippen LogP contribution in [0.1, 0.15) is 32.0 Å². The molecule has 10 heteroatoms. The van der Waals surface area contributed by atoms with Gasteiger partial charge in [-0.15, -0.1) is 0 Å². The van der Waals surface area contributed by atoms with Crippen LogP contribution in [-0.4, -0.2) is 40.0 Å². The van der Waals surface area contributed by atoms with Crippen LogP contribution in [0, 0.1) is 0 Å². The van der Waals surface area contributed by atoms with Crippen LogP contribution in [0.3, 0.4) is 0 Å². The minimum atomic E-state index is -0.730. The number of esters is 1. The summed E-state index contributed by atoms with van der Waals surface area (Å²) in [5, 5.41) is 14.8. The van der Waals surface area contributed by atoms with Crippen molar-refractivity contribution in [2.75, 3.05) is 7.11 Å². The van der Waals surface area contributed by atoms with Crippen LogP contribution in [0.25, 0.3) is 6.08 Å². The summed E-state index contributed by atoms with van der Waals surface area (Å²) in [5.74, 6) is -1.54. The minimum absolute atomic E-state index is 0.0819. The maximum absolute atomic E-state index is 12.7. The van der Waals surface area contributed by atoms with Crippen LogP contribution in [-0.2, 0) is 16.1 Å². The number of phenols is 1. The Labute approximate surface area is 191 Å². The van der Waals surface area contributed by atoms with Gasteiger partial charge in [0.2, 0.25) is 0 Å². The molecule has 0 radical (unpaired) electrons. The smallest absolute Gasteiger partial charge is 0.354 e. The first-order valence-corrected chi connectivity index (χ1v) is 10.1. The third-order valence-electron chi connectivity index (χ3n) is 4.31. The Morgan fingerprint density at radius 3 is 2.66 bits per heavy atom. The molecule has 1 aromatic heterocycles. The van der Waals surface area contributed by atoms with E-state index in [4.69, 9.17) is 4.74 Å². The quantitative estimate of drug-likeness (QED) is 0.292. The van der Waals surface area contributed by atoms with Crippen molar-refractivity contribution >= 4 is 39.8 Å². The number of imidazole rings is 1. The van der Waals surface area contributed by atoms with Gasteiger partial charge >= 0.3 is 5.97 Å². The van der Waals surface area contributed by atoms with Crippen molar-refractivity contribution in [3.63, 3.8) is 0 Å². The number of ether oxygens (including phenoxy) is 1. The fraction of sp³-hybridized carbons (Fsp3) is 0.0909. The molecule has 0 fully saturated rings. The normalized spacial score (nSPS) is 11.0. The average Bonchev–Trinajstić information content (AvgIpc) is 3.29. The molecule has 0 atom stereocenters. The number of nitrogens with one attached hydrogen (secondary N) is 3. The summed E-state index contributed by atoms with van der Waals surface area (Å²) in [5.41, 5.74) is 1.71. The average molecular weight is 499 g/mol. The molecular formula is C22H19BrN4O5. The molecule has 9 nitrogen and oxygen atoms in total. The Morgan fingerprint density at radius 2 is 2.00 bits per heavy atom. The molecule has 164 valence electrons. The van der Waals surface area contributed by atoms with Crippen molar-refractivity contribution in [2.45, 2.75) is 6.54 Å². The van der Waals surface area contributed by atoms with Gasteiger partial charge in [-0.1, -0.05) is 12.1 Å². The molecule has 0 bridgehead atoms. The van der Waals surface area contributed by atoms with E-state index in [1.54, 1.807) is 24.3 Å². The summed E-state index contributed by atoms with van der Waals surface area (Å²) in [7, 11) is 1.20. The standard InChI is InChI=1S/C22H19BrN4O5/c1-32-22(31)19(9-15-11-24-12-26-15)27-21(30)17-6-5-14(8-18(17)23)20(29)25-10-13-3-2-4-16(28)7-13/h2-9,11-12,28H,10H2,1H3,(H,24,26)(H,25,29)(H,27,30). The van der Waals surface area contributed by atoms with Crippen molar-refractivity contribution in [1.82, 2.24) is 20.6 Å². The number of aromatic amines is 1. The van der Waals surface area contributed by atoms with Gasteiger partial charge in [-0.25, -0.2) is 9.78 Å². The number of phenolic OH excluding ortho intramolecular Hbond substituents is 1. The van der Waals surface area contributed by atoms with Gasteiger partial charge in [0.25, 0.3) is 11.8 Å². The number of rotatable bonds is 7. The summed E-state index contributed by atoms with van der Waals surface area (Å²) in [6.07, 6.45) is 4.31. The molecule has 3 aromatic rings. The highest BCUT2D eigenvalue weighted by Crippen LogP contribution is 2.20. The molecule has 4 N–H and O–H groups in total. The fourth-order valence-corrected chi connectivity index (χ4v) is 3.30. The Kier molecular flexibility index (Phi) is 7.40. The van der Waals surface area contributed by atoms with Crippen LogP contribution >= 0.6 is 15.9 Å². The zero-order valence-electron chi connectivity index (χ0n) is 16.9. The van der Waals surface area contributed by atoms with E-state index < -0.39 is 11.9 Å². The minimum Gasteiger partial charge on any atom is -0.508 e. The van der Waals surface area contributed by atoms with Gasteiger partial charge in [-0.3, -0.25) is 9.59 Å². The summed E-state index contributed by atoms with van der Waals surface area (Å²) in [4.78, 5) is 43.8. The van der Waals surface area contributed by atoms with E-state index in [1.807, 2.05) is 0 Å². The maximum atomic E-state index is 12.7. The number of amides is 2. The van der Waals surface area contributed by atoms with Gasteiger partial charge in [0.15, 0.2) is 0 Å². The molecule has 2 amide bonds. The van der Waals surface area contributed by atoms with E-state index in [1.165, 1.54) is 43.9 Å². The van der Waals surface area contributed by atoms with Crippen LogP contribution in [0.15, 0.2) is 65.2 Å². The number of H-pyrrole nitrogens is 1. The molecular weight excluding hydrogens is 480 g/mol. The Balaban J connectivity index is 1.71. The summed E-state index contributed by atoms with van der Waals surface area (Å²) < 4.78 is 5.08. The van der Waals surface area contributed by atoms with E-state index in [0.29, 0.717) is 15.7 Å². The number of carbonyl (C=O) groups is 3.